The molecule has 0 aliphatic rings. The molecular formula is C12H11FN2O. The summed E-state index contributed by atoms with van der Waals surface area (Å²) in [5, 5.41) is 0. The molecule has 1 heterocycles. The molecule has 1 aromatic heterocycles. The third-order valence-electron chi connectivity index (χ3n) is 2.24. The Bertz CT molecular complexity index is 514. The lowest BCUT2D eigenvalue weighted by Crippen LogP contribution is -1.93. The van der Waals surface area contributed by atoms with Crippen LogP contribution >= 0.6 is 0 Å². The molecule has 1 aromatic carbocycles. The monoisotopic (exact) mass is 218 g/mol. The number of aromatic nitrogens is 2. The first-order chi connectivity index (χ1) is 7.70. The Hall–Kier alpha value is -1.97. The molecule has 0 amide bonds. The maximum Gasteiger partial charge on any atom is 0.131 e. The predicted molar refractivity (Wildman–Crippen MR) is 58.7 cm³/mol. The van der Waals surface area contributed by atoms with Gasteiger partial charge in [0.2, 0.25) is 0 Å². The summed E-state index contributed by atoms with van der Waals surface area (Å²) in [5.74, 6) is 0.143. The van der Waals surface area contributed by atoms with Gasteiger partial charge in [-0.15, -0.1) is 0 Å². The van der Waals surface area contributed by atoms with Crippen LogP contribution in [0.5, 0.6) is 5.75 Å². The van der Waals surface area contributed by atoms with Crippen LogP contribution in [0.4, 0.5) is 4.39 Å². The fraction of sp³-hybridized carbons (Fsp3) is 0.167. The molecule has 82 valence electrons. The molecular weight excluding hydrogens is 207 g/mol. The first-order valence-corrected chi connectivity index (χ1v) is 4.83. The molecule has 0 N–H and O–H groups in total. The highest BCUT2D eigenvalue weighted by Gasteiger charge is 2.08. The van der Waals surface area contributed by atoms with E-state index in [2.05, 4.69) is 9.97 Å². The number of aryl methyl sites for hydroxylation is 1. The van der Waals surface area contributed by atoms with Gasteiger partial charge in [0, 0.05) is 17.3 Å². The topological polar surface area (TPSA) is 35.0 Å². The zero-order valence-corrected chi connectivity index (χ0v) is 9.07. The van der Waals surface area contributed by atoms with Gasteiger partial charge in [-0.3, -0.25) is 0 Å². The van der Waals surface area contributed by atoms with E-state index in [0.717, 1.165) is 17.0 Å². The number of nitrogens with zero attached hydrogens (tertiary/aromatic N) is 2. The summed E-state index contributed by atoms with van der Waals surface area (Å²) >= 11 is 0. The predicted octanol–water partition coefficient (Wildman–Crippen LogP) is 2.60. The number of hydrogen-bond acceptors (Lipinski definition) is 3. The summed E-state index contributed by atoms with van der Waals surface area (Å²) in [5.41, 5.74) is 2.34. The van der Waals surface area contributed by atoms with Gasteiger partial charge in [-0.1, -0.05) is 0 Å². The first-order valence-electron chi connectivity index (χ1n) is 4.83. The third kappa shape index (κ3) is 2.00. The average molecular weight is 218 g/mol. The molecule has 2 aromatic rings. The molecule has 3 nitrogen and oxygen atoms in total. The Morgan fingerprint density at radius 3 is 2.69 bits per heavy atom. The minimum absolute atomic E-state index is 0.327. The van der Waals surface area contributed by atoms with Crippen molar-refractivity contribution >= 4 is 0 Å². The van der Waals surface area contributed by atoms with Crippen molar-refractivity contribution in [3.05, 3.63) is 42.1 Å². The van der Waals surface area contributed by atoms with E-state index in [1.54, 1.807) is 6.07 Å². The van der Waals surface area contributed by atoms with E-state index in [-0.39, 0.29) is 5.82 Å². The SMILES string of the molecule is COc1cc(F)ccc1-c1cc(C)ncn1. The van der Waals surface area contributed by atoms with Gasteiger partial charge in [-0.05, 0) is 25.1 Å². The van der Waals surface area contributed by atoms with Crippen molar-refractivity contribution in [3.63, 3.8) is 0 Å². The van der Waals surface area contributed by atoms with Crippen LogP contribution in [0.2, 0.25) is 0 Å². The lowest BCUT2D eigenvalue weighted by Gasteiger charge is -2.07. The van der Waals surface area contributed by atoms with E-state index < -0.39 is 0 Å². The fourth-order valence-corrected chi connectivity index (χ4v) is 1.48. The summed E-state index contributed by atoms with van der Waals surface area (Å²) in [4.78, 5) is 8.15. The van der Waals surface area contributed by atoms with Crippen LogP contribution in [-0.2, 0) is 0 Å². The summed E-state index contributed by atoms with van der Waals surface area (Å²) in [6, 6.07) is 6.20. The van der Waals surface area contributed by atoms with Gasteiger partial charge in [0.25, 0.3) is 0 Å². The normalized spacial score (nSPS) is 10.2. The Balaban J connectivity index is 2.55. The minimum Gasteiger partial charge on any atom is -0.496 e. The van der Waals surface area contributed by atoms with Gasteiger partial charge in [0.15, 0.2) is 0 Å². The van der Waals surface area contributed by atoms with Gasteiger partial charge in [0.1, 0.15) is 17.9 Å². The maximum atomic E-state index is 13.0. The molecule has 0 fully saturated rings. The second-order valence-electron chi connectivity index (χ2n) is 3.39. The van der Waals surface area contributed by atoms with Crippen LogP contribution < -0.4 is 4.74 Å². The van der Waals surface area contributed by atoms with E-state index >= 15 is 0 Å². The van der Waals surface area contributed by atoms with Crippen molar-refractivity contribution in [1.29, 1.82) is 0 Å². The molecule has 0 bridgehead atoms. The van der Waals surface area contributed by atoms with Gasteiger partial charge in [-0.25, -0.2) is 14.4 Å². The van der Waals surface area contributed by atoms with Gasteiger partial charge in [-0.2, -0.15) is 0 Å². The van der Waals surface area contributed by atoms with Crippen molar-refractivity contribution in [1.82, 2.24) is 9.97 Å². The summed E-state index contributed by atoms with van der Waals surface area (Å²) in [6.07, 6.45) is 1.48. The van der Waals surface area contributed by atoms with Gasteiger partial charge in [0.05, 0.1) is 12.8 Å². The number of rotatable bonds is 2. The zero-order chi connectivity index (χ0) is 11.5. The van der Waals surface area contributed by atoms with Crippen molar-refractivity contribution in [2.24, 2.45) is 0 Å². The number of halogens is 1. The second kappa shape index (κ2) is 4.26. The molecule has 0 unspecified atom stereocenters. The highest BCUT2D eigenvalue weighted by atomic mass is 19.1. The Morgan fingerprint density at radius 1 is 1.19 bits per heavy atom. The Kier molecular flexibility index (Phi) is 2.81. The quantitative estimate of drug-likeness (QED) is 0.777. The van der Waals surface area contributed by atoms with Crippen LogP contribution in [0, 0.1) is 12.7 Å². The fourth-order valence-electron chi connectivity index (χ4n) is 1.48. The van der Waals surface area contributed by atoms with Crippen molar-refractivity contribution < 1.29 is 9.13 Å². The highest BCUT2D eigenvalue weighted by Crippen LogP contribution is 2.28. The average Bonchev–Trinajstić information content (AvgIpc) is 2.28. The van der Waals surface area contributed by atoms with E-state index in [9.17, 15) is 4.39 Å². The highest BCUT2D eigenvalue weighted by molar-refractivity contribution is 5.67. The number of ether oxygens (including phenoxy) is 1. The van der Waals surface area contributed by atoms with Crippen LogP contribution in [-0.4, -0.2) is 17.1 Å². The maximum absolute atomic E-state index is 13.0. The standard InChI is InChI=1S/C12H11FN2O/c1-8-5-11(15-7-14-8)10-4-3-9(13)6-12(10)16-2/h3-7H,1-2H3. The molecule has 0 spiro atoms. The molecule has 0 aliphatic heterocycles. The lowest BCUT2D eigenvalue weighted by atomic mass is 10.1. The lowest BCUT2D eigenvalue weighted by molar-refractivity contribution is 0.413. The number of benzene rings is 1. The van der Waals surface area contributed by atoms with Crippen molar-refractivity contribution in [3.8, 4) is 17.0 Å². The van der Waals surface area contributed by atoms with Gasteiger partial charge < -0.3 is 4.74 Å². The second-order valence-corrected chi connectivity index (χ2v) is 3.39. The molecule has 2 rings (SSSR count). The first kappa shape index (κ1) is 10.5. The van der Waals surface area contributed by atoms with E-state index in [4.69, 9.17) is 4.74 Å². The number of hydrogen-bond donors (Lipinski definition) is 0. The van der Waals surface area contributed by atoms with Crippen LogP contribution in [0.1, 0.15) is 5.69 Å². The van der Waals surface area contributed by atoms with Crippen molar-refractivity contribution in [2.75, 3.05) is 7.11 Å². The Labute approximate surface area is 92.9 Å². The third-order valence-corrected chi connectivity index (χ3v) is 2.24. The molecule has 0 saturated heterocycles. The molecule has 0 saturated carbocycles. The zero-order valence-electron chi connectivity index (χ0n) is 9.07. The van der Waals surface area contributed by atoms with Crippen molar-refractivity contribution in [2.45, 2.75) is 6.92 Å². The van der Waals surface area contributed by atoms with E-state index in [1.165, 1.54) is 25.6 Å². The van der Waals surface area contributed by atoms with E-state index in [0.29, 0.717) is 5.75 Å². The minimum atomic E-state index is -0.327. The molecule has 0 atom stereocenters. The molecule has 16 heavy (non-hydrogen) atoms. The summed E-state index contributed by atoms with van der Waals surface area (Å²) in [7, 11) is 1.51. The number of methoxy groups -OCH3 is 1. The molecule has 0 aliphatic carbocycles. The molecule has 0 radical (unpaired) electrons. The van der Waals surface area contributed by atoms with Gasteiger partial charge >= 0.3 is 0 Å². The largest absolute Gasteiger partial charge is 0.496 e. The smallest absolute Gasteiger partial charge is 0.131 e. The molecule has 4 heteroatoms. The van der Waals surface area contributed by atoms with Crippen LogP contribution in [0.3, 0.4) is 0 Å². The van der Waals surface area contributed by atoms with E-state index in [1.807, 2.05) is 13.0 Å². The summed E-state index contributed by atoms with van der Waals surface area (Å²) in [6.45, 7) is 1.88. The van der Waals surface area contributed by atoms with Crippen LogP contribution in [0.15, 0.2) is 30.6 Å². The van der Waals surface area contributed by atoms with Crippen LogP contribution in [0.25, 0.3) is 11.3 Å². The summed E-state index contributed by atoms with van der Waals surface area (Å²) < 4.78 is 18.1. The Morgan fingerprint density at radius 2 is 2.00 bits per heavy atom.